The monoisotopic (exact) mass is 679 g/mol. The van der Waals surface area contributed by atoms with Crippen molar-refractivity contribution >= 4 is 23.8 Å². The number of esters is 2. The molecule has 0 spiro atoms. The molecule has 0 atom stereocenters. The lowest BCUT2D eigenvalue weighted by atomic mass is 10.2. The molecule has 4 aromatic rings. The van der Waals surface area contributed by atoms with Crippen molar-refractivity contribution in [2.75, 3.05) is 19.8 Å². The fraction of sp³-hybridized carbons (Fsp3) is 0.357. The maximum Gasteiger partial charge on any atom is 0.343 e. The van der Waals surface area contributed by atoms with Crippen molar-refractivity contribution in [2.24, 2.45) is 4.99 Å². The van der Waals surface area contributed by atoms with E-state index in [-0.39, 0.29) is 11.5 Å². The van der Waals surface area contributed by atoms with Gasteiger partial charge in [-0.25, -0.2) is 9.59 Å². The average Bonchev–Trinajstić information content (AvgIpc) is 3.14. The Morgan fingerprint density at radius 1 is 0.520 bits per heavy atom. The first-order valence-corrected chi connectivity index (χ1v) is 17.8. The lowest BCUT2D eigenvalue weighted by Crippen LogP contribution is -2.13. The molecule has 0 aliphatic rings. The maximum absolute atomic E-state index is 13.3. The lowest BCUT2D eigenvalue weighted by molar-refractivity contribution is 0.0682. The fourth-order valence-electron chi connectivity index (χ4n) is 4.86. The molecule has 264 valence electrons. The van der Waals surface area contributed by atoms with Crippen LogP contribution in [0.5, 0.6) is 28.7 Å². The van der Waals surface area contributed by atoms with Crippen LogP contribution in [-0.2, 0) is 0 Å². The molecule has 0 N–H and O–H groups in total. The summed E-state index contributed by atoms with van der Waals surface area (Å²) in [5, 5.41) is 0. The minimum absolute atomic E-state index is 0.0823. The van der Waals surface area contributed by atoms with Crippen LogP contribution in [0.3, 0.4) is 0 Å². The molecule has 0 unspecified atom stereocenters. The van der Waals surface area contributed by atoms with Gasteiger partial charge in [0.25, 0.3) is 0 Å². The molecule has 0 heterocycles. The molecule has 0 saturated carbocycles. The normalized spacial score (nSPS) is 10.9. The number of aliphatic imine (C=N–C) groups is 1. The topological polar surface area (TPSA) is 92.7 Å². The predicted octanol–water partition coefficient (Wildman–Crippen LogP) is 10.6. The summed E-state index contributed by atoms with van der Waals surface area (Å²) in [7, 11) is 0. The third-order valence-electron chi connectivity index (χ3n) is 7.80. The van der Waals surface area contributed by atoms with E-state index in [1.165, 1.54) is 0 Å². The third kappa shape index (κ3) is 12.7. The molecule has 0 aromatic heterocycles. The molecule has 8 heteroatoms. The SMILES string of the molecule is CCCCCOc1ccc(N=Cc2ccc(OC(=O)c3ccc(OCCCCC)cc3)c(OC(=O)c3ccc(OCCCCC)cc3)c2)cc1. The fourth-order valence-corrected chi connectivity index (χ4v) is 4.86. The van der Waals surface area contributed by atoms with Crippen molar-refractivity contribution in [3.05, 3.63) is 108 Å². The van der Waals surface area contributed by atoms with Crippen LogP contribution in [0.1, 0.15) is 105 Å². The van der Waals surface area contributed by atoms with Crippen LogP contribution in [0.15, 0.2) is 96.0 Å². The van der Waals surface area contributed by atoms with Crippen LogP contribution in [0, 0.1) is 0 Å². The van der Waals surface area contributed by atoms with E-state index in [1.807, 2.05) is 24.3 Å². The van der Waals surface area contributed by atoms with E-state index >= 15 is 0 Å². The van der Waals surface area contributed by atoms with Crippen molar-refractivity contribution in [1.29, 1.82) is 0 Å². The molecule has 0 saturated heterocycles. The Kier molecular flexibility index (Phi) is 15.9. The van der Waals surface area contributed by atoms with Gasteiger partial charge in [0.1, 0.15) is 17.2 Å². The number of rotatable bonds is 21. The minimum Gasteiger partial charge on any atom is -0.494 e. The van der Waals surface area contributed by atoms with Gasteiger partial charge in [-0.2, -0.15) is 0 Å². The van der Waals surface area contributed by atoms with E-state index in [4.69, 9.17) is 23.7 Å². The second-order valence-electron chi connectivity index (χ2n) is 12.0. The standard InChI is InChI=1S/C42H49NO7/c1-4-7-10-27-46-36-20-14-33(15-21-36)41(44)49-39-26-13-32(31-43-35-18-24-38(25-19-35)48-29-12-9-6-3)30-40(39)50-42(45)34-16-22-37(23-17-34)47-28-11-8-5-2/h13-26,30-31H,4-12,27-29H2,1-3H3. The van der Waals surface area contributed by atoms with Gasteiger partial charge in [0, 0.05) is 6.21 Å². The number of ether oxygens (including phenoxy) is 5. The van der Waals surface area contributed by atoms with Crippen LogP contribution in [0.2, 0.25) is 0 Å². The number of benzene rings is 4. The van der Waals surface area contributed by atoms with Gasteiger partial charge in [0.05, 0.1) is 36.6 Å². The summed E-state index contributed by atoms with van der Waals surface area (Å²) in [4.78, 5) is 31.0. The van der Waals surface area contributed by atoms with E-state index in [1.54, 1.807) is 72.9 Å². The zero-order valence-corrected chi connectivity index (χ0v) is 29.5. The van der Waals surface area contributed by atoms with Gasteiger partial charge in [-0.15, -0.1) is 0 Å². The molecule has 0 bridgehead atoms. The molecule has 0 amide bonds. The Morgan fingerprint density at radius 2 is 0.940 bits per heavy atom. The second kappa shape index (κ2) is 21.1. The van der Waals surface area contributed by atoms with E-state index in [0.29, 0.717) is 48.0 Å². The van der Waals surface area contributed by atoms with Gasteiger partial charge in [-0.05, 0) is 116 Å². The van der Waals surface area contributed by atoms with Crippen LogP contribution in [-0.4, -0.2) is 38.0 Å². The van der Waals surface area contributed by atoms with Crippen LogP contribution in [0.4, 0.5) is 5.69 Å². The Bertz CT molecular complexity index is 1630. The third-order valence-corrected chi connectivity index (χ3v) is 7.80. The van der Waals surface area contributed by atoms with Gasteiger partial charge >= 0.3 is 11.9 Å². The van der Waals surface area contributed by atoms with Gasteiger partial charge in [0.2, 0.25) is 0 Å². The van der Waals surface area contributed by atoms with Gasteiger partial charge in [-0.3, -0.25) is 4.99 Å². The first kappa shape index (κ1) is 37.7. The minimum atomic E-state index is -0.604. The highest BCUT2D eigenvalue weighted by Crippen LogP contribution is 2.31. The average molecular weight is 680 g/mol. The zero-order valence-electron chi connectivity index (χ0n) is 29.5. The summed E-state index contributed by atoms with van der Waals surface area (Å²) in [6.45, 7) is 8.37. The molecule has 4 rings (SSSR count). The van der Waals surface area contributed by atoms with Crippen LogP contribution >= 0.6 is 0 Å². The summed E-state index contributed by atoms with van der Waals surface area (Å²) in [6.07, 6.45) is 11.3. The first-order chi connectivity index (χ1) is 24.5. The number of carbonyl (C=O) groups is 2. The van der Waals surface area contributed by atoms with E-state index in [0.717, 1.165) is 69.2 Å². The maximum atomic E-state index is 13.3. The number of hydrogen-bond donors (Lipinski definition) is 0. The first-order valence-electron chi connectivity index (χ1n) is 17.8. The molecular formula is C42H49NO7. The largest absolute Gasteiger partial charge is 0.494 e. The summed E-state index contributed by atoms with van der Waals surface area (Å²) in [5.41, 5.74) is 2.04. The summed E-state index contributed by atoms with van der Waals surface area (Å²) < 4.78 is 28.9. The van der Waals surface area contributed by atoms with E-state index in [2.05, 4.69) is 25.8 Å². The molecule has 8 nitrogen and oxygen atoms in total. The Balaban J connectivity index is 1.48. The number of carbonyl (C=O) groups excluding carboxylic acids is 2. The zero-order chi connectivity index (χ0) is 35.4. The quantitative estimate of drug-likeness (QED) is 0.0374. The highest BCUT2D eigenvalue weighted by molar-refractivity contribution is 5.94. The lowest BCUT2D eigenvalue weighted by Gasteiger charge is -2.12. The van der Waals surface area contributed by atoms with Crippen LogP contribution in [0.25, 0.3) is 0 Å². The number of unbranched alkanes of at least 4 members (excludes halogenated alkanes) is 6. The predicted molar refractivity (Wildman–Crippen MR) is 198 cm³/mol. The Labute approximate surface area is 296 Å². The van der Waals surface area contributed by atoms with Crippen molar-refractivity contribution in [1.82, 2.24) is 0 Å². The van der Waals surface area contributed by atoms with Gasteiger partial charge in [-0.1, -0.05) is 59.3 Å². The molecule has 50 heavy (non-hydrogen) atoms. The summed E-state index contributed by atoms with van der Waals surface area (Å²) >= 11 is 0. The molecule has 0 aliphatic heterocycles. The van der Waals surface area contributed by atoms with Gasteiger partial charge < -0.3 is 23.7 Å². The Morgan fingerprint density at radius 3 is 1.38 bits per heavy atom. The molecule has 0 radical (unpaired) electrons. The van der Waals surface area contributed by atoms with E-state index in [9.17, 15) is 9.59 Å². The van der Waals surface area contributed by atoms with Crippen LogP contribution < -0.4 is 23.7 Å². The van der Waals surface area contributed by atoms with Crippen molar-refractivity contribution in [3.63, 3.8) is 0 Å². The van der Waals surface area contributed by atoms with E-state index < -0.39 is 11.9 Å². The molecule has 0 fully saturated rings. The molecule has 0 aliphatic carbocycles. The summed E-state index contributed by atoms with van der Waals surface area (Å²) in [5.74, 6) is 1.14. The second-order valence-corrected chi connectivity index (χ2v) is 12.0. The molecule has 4 aromatic carbocycles. The summed E-state index contributed by atoms with van der Waals surface area (Å²) in [6, 6.07) is 26.1. The number of nitrogens with zero attached hydrogens (tertiary/aromatic N) is 1. The van der Waals surface area contributed by atoms with Gasteiger partial charge in [0.15, 0.2) is 11.5 Å². The highest BCUT2D eigenvalue weighted by Gasteiger charge is 2.17. The number of hydrogen-bond acceptors (Lipinski definition) is 8. The van der Waals surface area contributed by atoms with Crippen molar-refractivity contribution < 1.29 is 33.3 Å². The highest BCUT2D eigenvalue weighted by atomic mass is 16.6. The van der Waals surface area contributed by atoms with Crippen molar-refractivity contribution in [2.45, 2.75) is 78.6 Å². The molecular weight excluding hydrogens is 630 g/mol. The Hall–Kier alpha value is -5.11. The van der Waals surface area contributed by atoms with Crippen molar-refractivity contribution in [3.8, 4) is 28.7 Å². The smallest absolute Gasteiger partial charge is 0.343 e.